The molecule has 0 radical (unpaired) electrons. The highest BCUT2D eigenvalue weighted by Gasteiger charge is 2.24. The van der Waals surface area contributed by atoms with Gasteiger partial charge in [0.25, 0.3) is 0 Å². The van der Waals surface area contributed by atoms with E-state index in [1.807, 2.05) is 17.8 Å². The van der Waals surface area contributed by atoms with Gasteiger partial charge in [-0.3, -0.25) is 4.79 Å². The number of rotatable bonds is 3. The van der Waals surface area contributed by atoms with Gasteiger partial charge in [-0.1, -0.05) is 18.2 Å². The fraction of sp³-hybridized carbons (Fsp3) is 0.533. The van der Waals surface area contributed by atoms with Gasteiger partial charge >= 0.3 is 0 Å². The quantitative estimate of drug-likeness (QED) is 0.892. The van der Waals surface area contributed by atoms with Crippen LogP contribution in [0, 0.1) is 0 Å². The van der Waals surface area contributed by atoms with Gasteiger partial charge in [0, 0.05) is 23.7 Å². The van der Waals surface area contributed by atoms with Crippen LogP contribution in [0.25, 0.3) is 0 Å². The van der Waals surface area contributed by atoms with Crippen LogP contribution in [-0.4, -0.2) is 37.5 Å². The third-order valence-electron chi connectivity index (χ3n) is 3.71. The van der Waals surface area contributed by atoms with E-state index in [9.17, 15) is 4.79 Å². The number of ether oxygens (including phenoxy) is 1. The summed E-state index contributed by atoms with van der Waals surface area (Å²) in [6.45, 7) is 2.34. The standard InChI is InChI=1S/C15H20N2O2S.ClH/c18-15(9-11-10-16-6-7-19-11)17-13-5-8-20-14-4-2-1-3-12(13)14;/h1-4,11,13,16H,5-10H2,(H,17,18);1H. The minimum Gasteiger partial charge on any atom is -0.375 e. The summed E-state index contributed by atoms with van der Waals surface area (Å²) in [5.41, 5.74) is 1.25. The van der Waals surface area contributed by atoms with Gasteiger partial charge < -0.3 is 15.4 Å². The lowest BCUT2D eigenvalue weighted by Crippen LogP contribution is -2.42. The number of carbonyl (C=O) groups excluding carboxylic acids is 1. The molecule has 0 spiro atoms. The molecule has 21 heavy (non-hydrogen) atoms. The minimum atomic E-state index is 0. The average Bonchev–Trinajstić information content (AvgIpc) is 2.48. The second kappa shape index (κ2) is 8.03. The number of fused-ring (bicyclic) bond motifs is 1. The molecule has 2 N–H and O–H groups in total. The van der Waals surface area contributed by atoms with Crippen molar-refractivity contribution < 1.29 is 9.53 Å². The number of benzene rings is 1. The molecule has 0 aliphatic carbocycles. The van der Waals surface area contributed by atoms with Gasteiger partial charge in [-0.05, 0) is 18.1 Å². The molecule has 116 valence electrons. The van der Waals surface area contributed by atoms with Gasteiger partial charge in [-0.25, -0.2) is 0 Å². The smallest absolute Gasteiger partial charge is 0.223 e. The summed E-state index contributed by atoms with van der Waals surface area (Å²) in [6.07, 6.45) is 1.45. The van der Waals surface area contributed by atoms with Crippen molar-refractivity contribution in [3.05, 3.63) is 29.8 Å². The molecule has 0 saturated carbocycles. The van der Waals surface area contributed by atoms with Crippen LogP contribution in [0.4, 0.5) is 0 Å². The van der Waals surface area contributed by atoms with Crippen molar-refractivity contribution in [2.75, 3.05) is 25.4 Å². The van der Waals surface area contributed by atoms with E-state index >= 15 is 0 Å². The first kappa shape index (κ1) is 16.6. The zero-order valence-corrected chi connectivity index (χ0v) is 13.5. The maximum atomic E-state index is 12.2. The molecular formula is C15H21ClN2O2S. The number of hydrogen-bond donors (Lipinski definition) is 2. The van der Waals surface area contributed by atoms with Crippen molar-refractivity contribution in [2.45, 2.75) is 29.9 Å². The second-order valence-corrected chi connectivity index (χ2v) is 6.33. The zero-order chi connectivity index (χ0) is 13.8. The van der Waals surface area contributed by atoms with Crippen LogP contribution in [-0.2, 0) is 9.53 Å². The molecule has 6 heteroatoms. The SMILES string of the molecule is Cl.O=C(CC1CNCCO1)NC1CCSc2ccccc21. The third kappa shape index (κ3) is 4.36. The molecule has 1 aromatic rings. The lowest BCUT2D eigenvalue weighted by Gasteiger charge is -2.27. The molecular weight excluding hydrogens is 308 g/mol. The van der Waals surface area contributed by atoms with Crippen molar-refractivity contribution in [3.63, 3.8) is 0 Å². The molecule has 0 bridgehead atoms. The van der Waals surface area contributed by atoms with Crippen LogP contribution in [0.5, 0.6) is 0 Å². The summed E-state index contributed by atoms with van der Waals surface area (Å²) < 4.78 is 5.58. The molecule has 4 nitrogen and oxygen atoms in total. The topological polar surface area (TPSA) is 50.4 Å². The molecule has 0 aromatic heterocycles. The number of thioether (sulfide) groups is 1. The number of hydrogen-bond acceptors (Lipinski definition) is 4. The molecule has 1 fully saturated rings. The Morgan fingerprint density at radius 2 is 2.29 bits per heavy atom. The first-order valence-electron chi connectivity index (χ1n) is 7.16. The van der Waals surface area contributed by atoms with Crippen molar-refractivity contribution in [2.24, 2.45) is 0 Å². The van der Waals surface area contributed by atoms with E-state index in [2.05, 4.69) is 28.8 Å². The predicted octanol–water partition coefficient (Wildman–Crippen LogP) is 2.14. The number of nitrogens with one attached hydrogen (secondary N) is 2. The molecule has 1 saturated heterocycles. The summed E-state index contributed by atoms with van der Waals surface area (Å²) in [5, 5.41) is 6.41. The average molecular weight is 329 g/mol. The summed E-state index contributed by atoms with van der Waals surface area (Å²) >= 11 is 1.87. The lowest BCUT2D eigenvalue weighted by molar-refractivity contribution is -0.125. The minimum absolute atomic E-state index is 0. The lowest BCUT2D eigenvalue weighted by atomic mass is 10.0. The van der Waals surface area contributed by atoms with E-state index in [1.165, 1.54) is 10.5 Å². The molecule has 2 unspecified atom stereocenters. The van der Waals surface area contributed by atoms with E-state index in [1.54, 1.807) is 0 Å². The molecule has 1 aromatic carbocycles. The Kier molecular flexibility index (Phi) is 6.36. The zero-order valence-electron chi connectivity index (χ0n) is 11.8. The first-order chi connectivity index (χ1) is 9.83. The van der Waals surface area contributed by atoms with Crippen molar-refractivity contribution in [3.8, 4) is 0 Å². The third-order valence-corrected chi connectivity index (χ3v) is 4.83. The number of carbonyl (C=O) groups is 1. The Bertz CT molecular complexity index is 480. The number of halogens is 1. The van der Waals surface area contributed by atoms with Crippen LogP contribution in [0.1, 0.15) is 24.4 Å². The Morgan fingerprint density at radius 1 is 1.43 bits per heavy atom. The number of amides is 1. The second-order valence-electron chi connectivity index (χ2n) is 5.20. The predicted molar refractivity (Wildman–Crippen MR) is 87.1 cm³/mol. The van der Waals surface area contributed by atoms with E-state index < -0.39 is 0 Å². The summed E-state index contributed by atoms with van der Waals surface area (Å²) in [7, 11) is 0. The van der Waals surface area contributed by atoms with Gasteiger partial charge in [0.15, 0.2) is 0 Å². The first-order valence-corrected chi connectivity index (χ1v) is 8.15. The fourth-order valence-corrected chi connectivity index (χ4v) is 3.83. The summed E-state index contributed by atoms with van der Waals surface area (Å²) in [5.74, 6) is 1.15. The Hall–Kier alpha value is -0.750. The number of morpholine rings is 1. The van der Waals surface area contributed by atoms with Gasteiger partial charge in [-0.2, -0.15) is 0 Å². The summed E-state index contributed by atoms with van der Waals surface area (Å²) in [6, 6.07) is 8.49. The monoisotopic (exact) mass is 328 g/mol. The van der Waals surface area contributed by atoms with Crippen LogP contribution >= 0.6 is 24.2 Å². The molecule has 2 aliphatic rings. The van der Waals surface area contributed by atoms with Crippen molar-refractivity contribution in [1.82, 2.24) is 10.6 Å². The van der Waals surface area contributed by atoms with E-state index in [4.69, 9.17) is 4.74 Å². The summed E-state index contributed by atoms with van der Waals surface area (Å²) in [4.78, 5) is 13.5. The maximum absolute atomic E-state index is 12.2. The molecule has 2 atom stereocenters. The highest BCUT2D eigenvalue weighted by Crippen LogP contribution is 2.35. The molecule has 1 amide bonds. The van der Waals surface area contributed by atoms with Crippen molar-refractivity contribution >= 4 is 30.1 Å². The van der Waals surface area contributed by atoms with Crippen molar-refractivity contribution in [1.29, 1.82) is 0 Å². The maximum Gasteiger partial charge on any atom is 0.223 e. The molecule has 2 heterocycles. The van der Waals surface area contributed by atoms with Gasteiger partial charge in [-0.15, -0.1) is 24.2 Å². The van der Waals surface area contributed by atoms with Gasteiger partial charge in [0.2, 0.25) is 5.91 Å². The van der Waals surface area contributed by atoms with Gasteiger partial charge in [0.1, 0.15) is 0 Å². The van der Waals surface area contributed by atoms with E-state index in [-0.39, 0.29) is 30.5 Å². The van der Waals surface area contributed by atoms with Gasteiger partial charge in [0.05, 0.1) is 25.2 Å². The van der Waals surface area contributed by atoms with E-state index in [0.29, 0.717) is 13.0 Å². The fourth-order valence-electron chi connectivity index (χ4n) is 2.70. The highest BCUT2D eigenvalue weighted by atomic mass is 35.5. The molecule has 2 aliphatic heterocycles. The largest absolute Gasteiger partial charge is 0.375 e. The van der Waals surface area contributed by atoms with E-state index in [0.717, 1.165) is 25.3 Å². The highest BCUT2D eigenvalue weighted by molar-refractivity contribution is 7.99. The van der Waals surface area contributed by atoms with Crippen LogP contribution in [0.15, 0.2) is 29.2 Å². The van der Waals surface area contributed by atoms with Crippen LogP contribution in [0.3, 0.4) is 0 Å². The van der Waals surface area contributed by atoms with Crippen LogP contribution in [0.2, 0.25) is 0 Å². The Balaban J connectivity index is 0.00000161. The van der Waals surface area contributed by atoms with Crippen LogP contribution < -0.4 is 10.6 Å². The Morgan fingerprint density at radius 3 is 3.10 bits per heavy atom. The molecule has 3 rings (SSSR count). The Labute approximate surface area is 135 Å². The normalized spacial score (nSPS) is 24.6.